The zero-order valence-corrected chi connectivity index (χ0v) is 13.9. The number of fused-ring (bicyclic) bond motifs is 1. The summed E-state index contributed by atoms with van der Waals surface area (Å²) in [5.74, 6) is 1.05. The SMILES string of the molecule is CN(C)CCSc1nc2cc(Cc3ccccc3)ccc2[nH]1. The molecule has 114 valence electrons. The second-order valence-electron chi connectivity index (χ2n) is 5.71. The lowest BCUT2D eigenvalue weighted by Gasteiger charge is -2.06. The van der Waals surface area contributed by atoms with E-state index in [-0.39, 0.29) is 0 Å². The van der Waals surface area contributed by atoms with E-state index in [0.717, 1.165) is 34.9 Å². The molecule has 0 aliphatic carbocycles. The van der Waals surface area contributed by atoms with E-state index < -0.39 is 0 Å². The monoisotopic (exact) mass is 311 g/mol. The van der Waals surface area contributed by atoms with Crippen molar-refractivity contribution in [3.05, 3.63) is 59.7 Å². The highest BCUT2D eigenvalue weighted by Crippen LogP contribution is 2.21. The average Bonchev–Trinajstić information content (AvgIpc) is 2.90. The average molecular weight is 311 g/mol. The minimum absolute atomic E-state index is 0.951. The molecule has 3 rings (SSSR count). The standard InChI is InChI=1S/C18H21N3S/c1-21(2)10-11-22-18-19-16-9-8-15(13-17(16)20-18)12-14-6-4-3-5-7-14/h3-9,13H,10-12H2,1-2H3,(H,19,20). The third kappa shape index (κ3) is 3.90. The number of aromatic nitrogens is 2. The number of thioether (sulfide) groups is 1. The van der Waals surface area contributed by atoms with Gasteiger partial charge in [-0.3, -0.25) is 0 Å². The molecule has 3 aromatic rings. The molecule has 0 atom stereocenters. The molecule has 0 saturated carbocycles. The molecule has 0 spiro atoms. The van der Waals surface area contributed by atoms with Crippen LogP contribution in [0.5, 0.6) is 0 Å². The van der Waals surface area contributed by atoms with Crippen molar-refractivity contribution in [2.45, 2.75) is 11.6 Å². The van der Waals surface area contributed by atoms with Gasteiger partial charge in [0.25, 0.3) is 0 Å². The van der Waals surface area contributed by atoms with Crippen molar-refractivity contribution >= 4 is 22.8 Å². The molecule has 0 bridgehead atoms. The lowest BCUT2D eigenvalue weighted by atomic mass is 10.0. The van der Waals surface area contributed by atoms with E-state index in [2.05, 4.69) is 72.5 Å². The molecule has 3 nitrogen and oxygen atoms in total. The number of benzene rings is 2. The number of hydrogen-bond donors (Lipinski definition) is 1. The molecule has 2 aromatic carbocycles. The Labute approximate surface area is 135 Å². The van der Waals surface area contributed by atoms with Gasteiger partial charge >= 0.3 is 0 Å². The highest BCUT2D eigenvalue weighted by molar-refractivity contribution is 7.99. The smallest absolute Gasteiger partial charge is 0.166 e. The number of imidazole rings is 1. The summed E-state index contributed by atoms with van der Waals surface area (Å²) < 4.78 is 0. The molecular formula is C18H21N3S. The van der Waals surface area contributed by atoms with Gasteiger partial charge in [0, 0.05) is 12.3 Å². The van der Waals surface area contributed by atoms with Gasteiger partial charge in [-0.15, -0.1) is 0 Å². The molecule has 0 radical (unpaired) electrons. The minimum atomic E-state index is 0.951. The summed E-state index contributed by atoms with van der Waals surface area (Å²) in [6.07, 6.45) is 0.951. The van der Waals surface area contributed by atoms with E-state index in [1.807, 2.05) is 0 Å². The topological polar surface area (TPSA) is 31.9 Å². The van der Waals surface area contributed by atoms with Gasteiger partial charge in [0.05, 0.1) is 11.0 Å². The Hall–Kier alpha value is -1.78. The molecule has 0 aliphatic heterocycles. The maximum atomic E-state index is 4.70. The minimum Gasteiger partial charge on any atom is -0.333 e. The fraction of sp³-hybridized carbons (Fsp3) is 0.278. The van der Waals surface area contributed by atoms with Crippen LogP contribution in [0.15, 0.2) is 53.7 Å². The third-order valence-electron chi connectivity index (χ3n) is 3.55. The summed E-state index contributed by atoms with van der Waals surface area (Å²) in [4.78, 5) is 10.3. The van der Waals surface area contributed by atoms with Crippen molar-refractivity contribution in [1.82, 2.24) is 14.9 Å². The van der Waals surface area contributed by atoms with Crippen LogP contribution >= 0.6 is 11.8 Å². The summed E-state index contributed by atoms with van der Waals surface area (Å²) in [6.45, 7) is 1.06. The van der Waals surface area contributed by atoms with Gasteiger partial charge < -0.3 is 9.88 Å². The third-order valence-corrected chi connectivity index (χ3v) is 4.41. The van der Waals surface area contributed by atoms with Gasteiger partial charge in [-0.1, -0.05) is 48.2 Å². The Morgan fingerprint density at radius 2 is 1.86 bits per heavy atom. The van der Waals surface area contributed by atoms with Crippen LogP contribution in [0.4, 0.5) is 0 Å². The number of nitrogens with zero attached hydrogens (tertiary/aromatic N) is 2. The molecule has 4 heteroatoms. The first-order chi connectivity index (χ1) is 10.7. The number of hydrogen-bond acceptors (Lipinski definition) is 3. The summed E-state index contributed by atoms with van der Waals surface area (Å²) in [5.41, 5.74) is 4.80. The van der Waals surface area contributed by atoms with Crippen molar-refractivity contribution in [2.24, 2.45) is 0 Å². The molecular weight excluding hydrogens is 290 g/mol. The Morgan fingerprint density at radius 3 is 2.64 bits per heavy atom. The predicted molar refractivity (Wildman–Crippen MR) is 94.6 cm³/mol. The van der Waals surface area contributed by atoms with Crippen LogP contribution in [0.2, 0.25) is 0 Å². The fourth-order valence-corrected chi connectivity index (χ4v) is 3.36. The molecule has 0 aliphatic rings. The summed E-state index contributed by atoms with van der Waals surface area (Å²) in [7, 11) is 4.18. The van der Waals surface area contributed by atoms with Crippen LogP contribution in [0.1, 0.15) is 11.1 Å². The number of nitrogens with one attached hydrogen (secondary N) is 1. The van der Waals surface area contributed by atoms with E-state index >= 15 is 0 Å². The second-order valence-corrected chi connectivity index (χ2v) is 6.79. The first-order valence-corrected chi connectivity index (χ1v) is 8.49. The normalized spacial score (nSPS) is 11.4. The highest BCUT2D eigenvalue weighted by Gasteiger charge is 2.05. The maximum Gasteiger partial charge on any atom is 0.166 e. The van der Waals surface area contributed by atoms with E-state index in [1.54, 1.807) is 11.8 Å². The van der Waals surface area contributed by atoms with Gasteiger partial charge in [0.2, 0.25) is 0 Å². The van der Waals surface area contributed by atoms with Gasteiger partial charge in [-0.25, -0.2) is 4.98 Å². The fourth-order valence-electron chi connectivity index (χ4n) is 2.36. The van der Waals surface area contributed by atoms with Gasteiger partial charge in [0.1, 0.15) is 0 Å². The first kappa shape index (κ1) is 15.1. The van der Waals surface area contributed by atoms with E-state index in [0.29, 0.717) is 0 Å². The van der Waals surface area contributed by atoms with Gasteiger partial charge in [-0.05, 0) is 43.8 Å². The first-order valence-electron chi connectivity index (χ1n) is 7.51. The summed E-state index contributed by atoms with van der Waals surface area (Å²) in [5, 5.41) is 1.01. The van der Waals surface area contributed by atoms with Gasteiger partial charge in [-0.2, -0.15) is 0 Å². The van der Waals surface area contributed by atoms with Crippen LogP contribution in [0, 0.1) is 0 Å². The van der Waals surface area contributed by atoms with Crippen LogP contribution in [0.25, 0.3) is 11.0 Å². The number of aromatic amines is 1. The molecule has 0 amide bonds. The molecule has 0 fully saturated rings. The maximum absolute atomic E-state index is 4.70. The van der Waals surface area contributed by atoms with Crippen LogP contribution in [-0.4, -0.2) is 41.3 Å². The molecule has 1 aromatic heterocycles. The van der Waals surface area contributed by atoms with Crippen molar-refractivity contribution in [3.63, 3.8) is 0 Å². The molecule has 1 N–H and O–H groups in total. The number of rotatable bonds is 6. The zero-order valence-electron chi connectivity index (χ0n) is 13.0. The van der Waals surface area contributed by atoms with Crippen LogP contribution < -0.4 is 0 Å². The Kier molecular flexibility index (Phi) is 4.80. The molecule has 22 heavy (non-hydrogen) atoms. The molecule has 0 unspecified atom stereocenters. The van der Waals surface area contributed by atoms with Crippen LogP contribution in [-0.2, 0) is 6.42 Å². The predicted octanol–water partition coefficient (Wildman–Crippen LogP) is 3.81. The van der Waals surface area contributed by atoms with Crippen molar-refractivity contribution < 1.29 is 0 Å². The lowest BCUT2D eigenvalue weighted by molar-refractivity contribution is 0.437. The van der Waals surface area contributed by atoms with E-state index in [4.69, 9.17) is 4.98 Å². The highest BCUT2D eigenvalue weighted by atomic mass is 32.2. The number of H-pyrrole nitrogens is 1. The largest absolute Gasteiger partial charge is 0.333 e. The zero-order chi connectivity index (χ0) is 15.4. The van der Waals surface area contributed by atoms with Crippen molar-refractivity contribution in [2.75, 3.05) is 26.4 Å². The van der Waals surface area contributed by atoms with E-state index in [9.17, 15) is 0 Å². The summed E-state index contributed by atoms with van der Waals surface area (Å²) >= 11 is 1.78. The summed E-state index contributed by atoms with van der Waals surface area (Å²) in [6, 6.07) is 17.1. The van der Waals surface area contributed by atoms with Crippen LogP contribution in [0.3, 0.4) is 0 Å². The van der Waals surface area contributed by atoms with Crippen molar-refractivity contribution in [1.29, 1.82) is 0 Å². The van der Waals surface area contributed by atoms with Gasteiger partial charge in [0.15, 0.2) is 5.16 Å². The Balaban J connectivity index is 1.72. The quantitative estimate of drug-likeness (QED) is 0.703. The van der Waals surface area contributed by atoms with E-state index in [1.165, 1.54) is 11.1 Å². The lowest BCUT2D eigenvalue weighted by Crippen LogP contribution is -2.14. The Morgan fingerprint density at radius 1 is 1.05 bits per heavy atom. The Bertz CT molecular complexity index is 734. The second kappa shape index (κ2) is 6.99. The van der Waals surface area contributed by atoms with Crippen molar-refractivity contribution in [3.8, 4) is 0 Å². The molecule has 1 heterocycles. The molecule has 0 saturated heterocycles.